The number of halogens is 2. The molecule has 0 spiro atoms. The highest BCUT2D eigenvalue weighted by Crippen LogP contribution is 2.22. The molecular formula is C13H16BrClO2. The Morgan fingerprint density at radius 1 is 1.41 bits per heavy atom. The van der Waals surface area contributed by atoms with Crippen LogP contribution in [0.15, 0.2) is 22.7 Å². The molecule has 17 heavy (non-hydrogen) atoms. The van der Waals surface area contributed by atoms with Crippen molar-refractivity contribution in [3.05, 3.63) is 33.3 Å². The summed E-state index contributed by atoms with van der Waals surface area (Å²) in [6, 6.07) is 5.93. The van der Waals surface area contributed by atoms with Gasteiger partial charge in [-0.2, -0.15) is 0 Å². The van der Waals surface area contributed by atoms with Gasteiger partial charge in [-0.3, -0.25) is 0 Å². The second-order valence-corrected chi connectivity index (χ2v) is 5.48. The van der Waals surface area contributed by atoms with E-state index in [0.717, 1.165) is 40.9 Å². The maximum atomic E-state index is 6.13. The van der Waals surface area contributed by atoms with E-state index in [1.165, 1.54) is 6.42 Å². The van der Waals surface area contributed by atoms with E-state index in [1.54, 1.807) is 0 Å². The van der Waals surface area contributed by atoms with Crippen molar-refractivity contribution in [3.8, 4) is 0 Å². The van der Waals surface area contributed by atoms with E-state index in [4.69, 9.17) is 21.1 Å². The third-order valence-corrected chi connectivity index (χ3v) is 3.67. The number of hydrogen-bond donors (Lipinski definition) is 0. The molecule has 1 aliphatic rings. The van der Waals surface area contributed by atoms with Crippen LogP contribution < -0.4 is 0 Å². The fourth-order valence-electron chi connectivity index (χ4n) is 1.87. The smallest absolute Gasteiger partial charge is 0.157 e. The molecule has 1 aromatic carbocycles. The molecule has 0 amide bonds. The molecule has 0 bridgehead atoms. The molecule has 1 aliphatic heterocycles. The maximum absolute atomic E-state index is 6.13. The molecule has 2 nitrogen and oxygen atoms in total. The summed E-state index contributed by atoms with van der Waals surface area (Å²) < 4.78 is 12.2. The van der Waals surface area contributed by atoms with Crippen LogP contribution in [0.25, 0.3) is 0 Å². The van der Waals surface area contributed by atoms with E-state index < -0.39 is 0 Å². The van der Waals surface area contributed by atoms with Crippen molar-refractivity contribution in [3.63, 3.8) is 0 Å². The lowest BCUT2D eigenvalue weighted by atomic mass is 10.1. The summed E-state index contributed by atoms with van der Waals surface area (Å²) in [5.41, 5.74) is 1.12. The Balaban J connectivity index is 1.77. The van der Waals surface area contributed by atoms with Crippen molar-refractivity contribution in [2.24, 2.45) is 0 Å². The van der Waals surface area contributed by atoms with E-state index in [-0.39, 0.29) is 6.29 Å². The molecule has 1 unspecified atom stereocenters. The zero-order chi connectivity index (χ0) is 12.1. The minimum atomic E-state index is -0.0158. The van der Waals surface area contributed by atoms with Crippen LogP contribution in [0, 0.1) is 0 Å². The Kier molecular flexibility index (Phi) is 5.29. The van der Waals surface area contributed by atoms with Gasteiger partial charge in [-0.05, 0) is 43.4 Å². The predicted molar refractivity (Wildman–Crippen MR) is 72.4 cm³/mol. The van der Waals surface area contributed by atoms with Crippen LogP contribution in [-0.4, -0.2) is 19.5 Å². The Morgan fingerprint density at radius 3 is 3.00 bits per heavy atom. The highest BCUT2D eigenvalue weighted by Gasteiger charge is 2.13. The summed E-state index contributed by atoms with van der Waals surface area (Å²) >= 11 is 9.53. The van der Waals surface area contributed by atoms with Gasteiger partial charge in [-0.25, -0.2) is 0 Å². The van der Waals surface area contributed by atoms with Crippen molar-refractivity contribution in [2.45, 2.75) is 32.0 Å². The largest absolute Gasteiger partial charge is 0.353 e. The number of ether oxygens (including phenoxy) is 2. The van der Waals surface area contributed by atoms with E-state index in [1.807, 2.05) is 18.2 Å². The summed E-state index contributed by atoms with van der Waals surface area (Å²) in [5, 5.41) is 0.785. The van der Waals surface area contributed by atoms with Gasteiger partial charge in [0, 0.05) is 16.1 Å². The fraction of sp³-hybridized carbons (Fsp3) is 0.538. The maximum Gasteiger partial charge on any atom is 0.157 e. The summed E-state index contributed by atoms with van der Waals surface area (Å²) in [5.74, 6) is 0. The first-order valence-corrected chi connectivity index (χ1v) is 7.10. The predicted octanol–water partition coefficient (Wildman–Crippen LogP) is 4.19. The van der Waals surface area contributed by atoms with Gasteiger partial charge in [0.1, 0.15) is 0 Å². The standard InChI is InChI=1S/C13H16BrClO2/c14-11-5-4-10(12(15)9-11)6-8-17-13-3-1-2-7-16-13/h4-5,9,13H,1-3,6-8H2. The quantitative estimate of drug-likeness (QED) is 0.828. The second kappa shape index (κ2) is 6.74. The summed E-state index contributed by atoms with van der Waals surface area (Å²) in [6.07, 6.45) is 4.17. The first kappa shape index (κ1) is 13.3. The number of rotatable bonds is 4. The van der Waals surface area contributed by atoms with E-state index in [0.29, 0.717) is 6.61 Å². The molecule has 4 heteroatoms. The molecule has 0 saturated carbocycles. The molecule has 0 radical (unpaired) electrons. The highest BCUT2D eigenvalue weighted by molar-refractivity contribution is 9.10. The zero-order valence-corrected chi connectivity index (χ0v) is 12.0. The lowest BCUT2D eigenvalue weighted by molar-refractivity contribution is -0.161. The second-order valence-electron chi connectivity index (χ2n) is 4.15. The third kappa shape index (κ3) is 4.25. The SMILES string of the molecule is Clc1cc(Br)ccc1CCOC1CCCCO1. The molecule has 1 fully saturated rings. The highest BCUT2D eigenvalue weighted by atomic mass is 79.9. The van der Waals surface area contributed by atoms with Crippen LogP contribution >= 0.6 is 27.5 Å². The Morgan fingerprint density at radius 2 is 2.29 bits per heavy atom. The van der Waals surface area contributed by atoms with Gasteiger partial charge in [0.05, 0.1) is 6.61 Å². The van der Waals surface area contributed by atoms with Crippen LogP contribution in [0.3, 0.4) is 0 Å². The van der Waals surface area contributed by atoms with Gasteiger partial charge in [0.2, 0.25) is 0 Å². The van der Waals surface area contributed by atoms with Crippen LogP contribution in [-0.2, 0) is 15.9 Å². The molecule has 1 saturated heterocycles. The Hall–Kier alpha value is -0.0900. The molecule has 1 heterocycles. The van der Waals surface area contributed by atoms with E-state index in [2.05, 4.69) is 15.9 Å². The van der Waals surface area contributed by atoms with Crippen LogP contribution in [0.2, 0.25) is 5.02 Å². The Labute approximate surface area is 115 Å². The topological polar surface area (TPSA) is 18.5 Å². The average Bonchev–Trinajstić information content (AvgIpc) is 2.33. The molecule has 2 rings (SSSR count). The molecule has 1 aromatic rings. The molecule has 94 valence electrons. The van der Waals surface area contributed by atoms with Gasteiger partial charge in [0.25, 0.3) is 0 Å². The van der Waals surface area contributed by atoms with Gasteiger partial charge in [-0.15, -0.1) is 0 Å². The monoisotopic (exact) mass is 318 g/mol. The van der Waals surface area contributed by atoms with Gasteiger partial charge in [0.15, 0.2) is 6.29 Å². The van der Waals surface area contributed by atoms with E-state index >= 15 is 0 Å². The minimum Gasteiger partial charge on any atom is -0.353 e. The van der Waals surface area contributed by atoms with Crippen LogP contribution in [0.1, 0.15) is 24.8 Å². The molecule has 0 aliphatic carbocycles. The number of benzene rings is 1. The van der Waals surface area contributed by atoms with Gasteiger partial charge in [-0.1, -0.05) is 33.6 Å². The lowest BCUT2D eigenvalue weighted by Gasteiger charge is -2.22. The van der Waals surface area contributed by atoms with Crippen LogP contribution in [0.4, 0.5) is 0 Å². The molecule has 1 atom stereocenters. The molecule has 0 N–H and O–H groups in total. The summed E-state index contributed by atoms with van der Waals surface area (Å²) in [7, 11) is 0. The lowest BCUT2D eigenvalue weighted by Crippen LogP contribution is -2.23. The zero-order valence-electron chi connectivity index (χ0n) is 9.62. The van der Waals surface area contributed by atoms with Gasteiger partial charge < -0.3 is 9.47 Å². The van der Waals surface area contributed by atoms with Crippen molar-refractivity contribution < 1.29 is 9.47 Å². The number of hydrogen-bond acceptors (Lipinski definition) is 2. The van der Waals surface area contributed by atoms with Crippen LogP contribution in [0.5, 0.6) is 0 Å². The average molecular weight is 320 g/mol. The first-order valence-electron chi connectivity index (χ1n) is 5.93. The first-order chi connectivity index (χ1) is 8.25. The summed E-state index contributed by atoms with van der Waals surface area (Å²) in [6.45, 7) is 1.48. The fourth-order valence-corrected chi connectivity index (χ4v) is 2.64. The summed E-state index contributed by atoms with van der Waals surface area (Å²) in [4.78, 5) is 0. The molecular weight excluding hydrogens is 303 g/mol. The van der Waals surface area contributed by atoms with Crippen molar-refractivity contribution >= 4 is 27.5 Å². The van der Waals surface area contributed by atoms with E-state index in [9.17, 15) is 0 Å². The minimum absolute atomic E-state index is 0.0158. The normalized spacial score (nSPS) is 20.5. The van der Waals surface area contributed by atoms with Crippen molar-refractivity contribution in [1.82, 2.24) is 0 Å². The van der Waals surface area contributed by atoms with Crippen molar-refractivity contribution in [2.75, 3.05) is 13.2 Å². The van der Waals surface area contributed by atoms with Gasteiger partial charge >= 0.3 is 0 Å². The van der Waals surface area contributed by atoms with Crippen molar-refractivity contribution in [1.29, 1.82) is 0 Å². The third-order valence-electron chi connectivity index (χ3n) is 2.83. The Bertz CT molecular complexity index is 364. The molecule has 0 aromatic heterocycles.